The molecule has 2 fully saturated rings. The van der Waals surface area contributed by atoms with E-state index in [0.29, 0.717) is 34.8 Å². The molecule has 174 valence electrons. The van der Waals surface area contributed by atoms with Crippen molar-refractivity contribution in [3.05, 3.63) is 48.5 Å². The monoisotopic (exact) mass is 462 g/mol. The Morgan fingerprint density at radius 3 is 1.44 bits per heavy atom. The molecule has 2 unspecified atom stereocenters. The van der Waals surface area contributed by atoms with Gasteiger partial charge in [0.2, 0.25) is 11.5 Å². The summed E-state index contributed by atoms with van der Waals surface area (Å²) in [4.78, 5) is 0. The molecule has 0 bridgehead atoms. The van der Waals surface area contributed by atoms with Crippen molar-refractivity contribution in [3.8, 4) is 45.6 Å². The van der Waals surface area contributed by atoms with Gasteiger partial charge in [-0.1, -0.05) is 12.1 Å². The third-order valence-electron chi connectivity index (χ3n) is 6.06. The minimum Gasteiger partial charge on any atom is -0.504 e. The predicted molar refractivity (Wildman–Crippen MR) is 124 cm³/mol. The Kier molecular flexibility index (Phi) is 4.79. The van der Waals surface area contributed by atoms with Crippen LogP contribution in [0.15, 0.2) is 48.5 Å². The molecule has 2 heterocycles. The van der Waals surface area contributed by atoms with Gasteiger partial charge < -0.3 is 39.4 Å². The number of fused-ring (bicyclic) bond motifs is 2. The Balaban J connectivity index is 1.34. The van der Waals surface area contributed by atoms with Crippen LogP contribution in [0, 0.1) is 0 Å². The van der Waals surface area contributed by atoms with E-state index in [1.165, 1.54) is 0 Å². The molecule has 6 rings (SSSR count). The Hall–Kier alpha value is -3.88. The highest BCUT2D eigenvalue weighted by atomic mass is 16.6. The van der Waals surface area contributed by atoms with Gasteiger partial charge in [0.25, 0.3) is 0 Å². The fraction of sp³-hybridized carbons (Fsp3) is 0.231. The minimum atomic E-state index is -0.153. The lowest BCUT2D eigenvalue weighted by Gasteiger charge is -2.14. The second-order valence-electron chi connectivity index (χ2n) is 8.55. The van der Waals surface area contributed by atoms with Crippen molar-refractivity contribution in [1.29, 1.82) is 0 Å². The summed E-state index contributed by atoms with van der Waals surface area (Å²) in [5.74, 6) is -0.475. The maximum Gasteiger partial charge on any atom is 0.203 e. The van der Waals surface area contributed by atoms with Gasteiger partial charge in [0.05, 0.1) is 13.2 Å². The van der Waals surface area contributed by atoms with Gasteiger partial charge in [0, 0.05) is 10.8 Å². The maximum absolute atomic E-state index is 10.6. The van der Waals surface area contributed by atoms with Crippen LogP contribution in [0.25, 0.3) is 32.7 Å². The van der Waals surface area contributed by atoms with Crippen LogP contribution in [0.4, 0.5) is 0 Å². The van der Waals surface area contributed by atoms with E-state index in [9.17, 15) is 20.4 Å². The van der Waals surface area contributed by atoms with Crippen LogP contribution in [0.3, 0.4) is 0 Å². The third kappa shape index (κ3) is 3.76. The van der Waals surface area contributed by atoms with Gasteiger partial charge >= 0.3 is 0 Å². The second-order valence-corrected chi connectivity index (χ2v) is 8.55. The van der Waals surface area contributed by atoms with Crippen LogP contribution in [0.2, 0.25) is 0 Å². The van der Waals surface area contributed by atoms with Gasteiger partial charge in [-0.05, 0) is 58.3 Å². The van der Waals surface area contributed by atoms with Crippen molar-refractivity contribution < 1.29 is 39.4 Å². The molecule has 0 radical (unpaired) electrons. The van der Waals surface area contributed by atoms with Crippen molar-refractivity contribution in [1.82, 2.24) is 0 Å². The molecule has 4 N–H and O–H groups in total. The lowest BCUT2D eigenvalue weighted by Crippen LogP contribution is -2.04. The topological polar surface area (TPSA) is 124 Å². The average Bonchev–Trinajstić information content (AvgIpc) is 3.73. The van der Waals surface area contributed by atoms with E-state index in [1.807, 2.05) is 24.3 Å². The van der Waals surface area contributed by atoms with Gasteiger partial charge in [-0.2, -0.15) is 0 Å². The molecule has 0 saturated carbocycles. The summed E-state index contributed by atoms with van der Waals surface area (Å²) in [7, 11) is 0. The first kappa shape index (κ1) is 20.7. The third-order valence-corrected chi connectivity index (χ3v) is 6.06. The molecule has 2 aliphatic rings. The number of hydrogen-bond donors (Lipinski definition) is 4. The normalized spacial score (nSPS) is 18.8. The fourth-order valence-corrected chi connectivity index (χ4v) is 4.03. The number of benzene rings is 4. The first-order valence-electron chi connectivity index (χ1n) is 10.9. The Morgan fingerprint density at radius 2 is 1.06 bits per heavy atom. The van der Waals surface area contributed by atoms with Gasteiger partial charge in [-0.3, -0.25) is 0 Å². The molecular formula is C26H22O8. The number of hydrogen-bond acceptors (Lipinski definition) is 8. The SMILES string of the molecule is Oc1cc2cc(-c3ccc4c(O)c(OCC5CO5)c(O)cc4c3)ccc2c(O)c1OCC1CO1. The highest BCUT2D eigenvalue weighted by Crippen LogP contribution is 2.45. The number of rotatable bonds is 7. The summed E-state index contributed by atoms with van der Waals surface area (Å²) < 4.78 is 21.3. The molecular weight excluding hydrogens is 440 g/mol. The van der Waals surface area contributed by atoms with Crippen LogP contribution in [-0.4, -0.2) is 59.1 Å². The number of phenolic OH excluding ortho intramolecular Hbond substituents is 4. The van der Waals surface area contributed by atoms with E-state index in [1.54, 1.807) is 24.3 Å². The molecule has 2 saturated heterocycles. The fourth-order valence-electron chi connectivity index (χ4n) is 4.03. The van der Waals surface area contributed by atoms with E-state index in [4.69, 9.17) is 18.9 Å². The van der Waals surface area contributed by atoms with Crippen molar-refractivity contribution in [2.75, 3.05) is 26.4 Å². The lowest BCUT2D eigenvalue weighted by molar-refractivity contribution is 0.245. The van der Waals surface area contributed by atoms with Crippen molar-refractivity contribution in [2.45, 2.75) is 12.2 Å². The quantitative estimate of drug-likeness (QED) is 0.304. The first-order valence-corrected chi connectivity index (χ1v) is 10.9. The van der Waals surface area contributed by atoms with E-state index < -0.39 is 0 Å². The summed E-state index contributed by atoms with van der Waals surface area (Å²) in [5.41, 5.74) is 1.66. The van der Waals surface area contributed by atoms with Crippen molar-refractivity contribution in [2.24, 2.45) is 0 Å². The number of phenols is 4. The molecule has 34 heavy (non-hydrogen) atoms. The lowest BCUT2D eigenvalue weighted by atomic mass is 9.97. The van der Waals surface area contributed by atoms with Crippen molar-refractivity contribution >= 4 is 21.5 Å². The molecule has 0 amide bonds. The highest BCUT2D eigenvalue weighted by Gasteiger charge is 2.26. The molecule has 2 atom stereocenters. The van der Waals surface area contributed by atoms with E-state index in [2.05, 4.69) is 0 Å². The number of aromatic hydroxyl groups is 4. The number of epoxide rings is 2. The summed E-state index contributed by atoms with van der Waals surface area (Å²) >= 11 is 0. The first-order chi connectivity index (χ1) is 16.5. The van der Waals surface area contributed by atoms with Gasteiger partial charge in [0.15, 0.2) is 23.0 Å². The smallest absolute Gasteiger partial charge is 0.203 e. The van der Waals surface area contributed by atoms with Gasteiger partial charge in [-0.15, -0.1) is 0 Å². The standard InChI is InChI=1S/C26H22O8/c27-21-7-15-5-13(1-3-19(15)23(29)25(21)33-11-17-9-31-17)14-2-4-20-16(6-14)8-22(28)26(24(20)30)34-12-18-10-32-18/h1-8,17-18,27-30H,9-12H2. The van der Waals surface area contributed by atoms with E-state index in [0.717, 1.165) is 11.1 Å². The molecule has 0 spiro atoms. The largest absolute Gasteiger partial charge is 0.504 e. The van der Waals surface area contributed by atoms with Crippen LogP contribution in [0.5, 0.6) is 34.5 Å². The molecule has 4 aromatic rings. The van der Waals surface area contributed by atoms with Crippen molar-refractivity contribution in [3.63, 3.8) is 0 Å². The second kappa shape index (κ2) is 7.86. The minimum absolute atomic E-state index is 0.00138. The van der Waals surface area contributed by atoms with Crippen LogP contribution >= 0.6 is 0 Å². The zero-order valence-electron chi connectivity index (χ0n) is 18.0. The van der Waals surface area contributed by atoms with E-state index in [-0.39, 0.29) is 59.9 Å². The summed E-state index contributed by atoms with van der Waals surface area (Å²) in [6.07, 6.45) is -0.00277. The zero-order chi connectivity index (χ0) is 23.4. The molecule has 0 aliphatic carbocycles. The highest BCUT2D eigenvalue weighted by molar-refractivity contribution is 5.98. The van der Waals surface area contributed by atoms with E-state index >= 15 is 0 Å². The Labute approximate surface area is 194 Å². The van der Waals surface area contributed by atoms with Gasteiger partial charge in [-0.25, -0.2) is 0 Å². The predicted octanol–water partition coefficient (Wildman–Crippen LogP) is 4.04. The number of ether oxygens (including phenoxy) is 4. The molecule has 4 aromatic carbocycles. The van der Waals surface area contributed by atoms with Crippen LogP contribution in [0.1, 0.15) is 0 Å². The van der Waals surface area contributed by atoms with Crippen LogP contribution in [-0.2, 0) is 9.47 Å². The Morgan fingerprint density at radius 1 is 0.647 bits per heavy atom. The Bertz CT molecular complexity index is 1310. The summed E-state index contributed by atoms with van der Waals surface area (Å²) in [5, 5.41) is 44.4. The maximum atomic E-state index is 10.6. The molecule has 8 heteroatoms. The summed E-state index contributed by atoms with van der Waals surface area (Å²) in [6.45, 7) is 1.76. The summed E-state index contributed by atoms with van der Waals surface area (Å²) in [6, 6.07) is 14.0. The molecule has 2 aliphatic heterocycles. The zero-order valence-corrected chi connectivity index (χ0v) is 18.0. The van der Waals surface area contributed by atoms with Crippen LogP contribution < -0.4 is 9.47 Å². The van der Waals surface area contributed by atoms with Gasteiger partial charge in [0.1, 0.15) is 25.4 Å². The molecule has 0 aromatic heterocycles. The molecule has 8 nitrogen and oxygen atoms in total. The average molecular weight is 462 g/mol.